The van der Waals surface area contributed by atoms with Crippen molar-refractivity contribution in [2.24, 2.45) is 0 Å². The van der Waals surface area contributed by atoms with Gasteiger partial charge in [-0.2, -0.15) is 35.5 Å². The molecule has 2 aromatic rings. The topological polar surface area (TPSA) is 26.9 Å². The van der Waals surface area contributed by atoms with Crippen molar-refractivity contribution in [1.29, 1.82) is 0 Å². The summed E-state index contributed by atoms with van der Waals surface area (Å²) >= 11 is 4.86. The Labute approximate surface area is 163 Å². The SMILES string of the molecule is [O-][n+]1ccccc1-c1c(Br)[c]c(Br)cc1SC(F)(F)C(F)(F)C(F)(F)F. The van der Waals surface area contributed by atoms with Gasteiger partial charge in [-0.05, 0) is 39.8 Å². The summed E-state index contributed by atoms with van der Waals surface area (Å²) in [4.78, 5) is -0.674. The Morgan fingerprint density at radius 2 is 1.65 bits per heavy atom. The highest BCUT2D eigenvalue weighted by Crippen LogP contribution is 2.55. The summed E-state index contributed by atoms with van der Waals surface area (Å²) in [6, 6.07) is 7.34. The van der Waals surface area contributed by atoms with Crippen molar-refractivity contribution in [3.63, 3.8) is 0 Å². The third kappa shape index (κ3) is 3.96. The molecule has 0 bridgehead atoms. The minimum Gasteiger partial charge on any atom is -0.618 e. The van der Waals surface area contributed by atoms with Crippen LogP contribution >= 0.6 is 43.6 Å². The molecule has 1 radical (unpaired) electrons. The minimum atomic E-state index is -6.45. The van der Waals surface area contributed by atoms with Gasteiger partial charge >= 0.3 is 17.4 Å². The number of benzene rings is 1. The smallest absolute Gasteiger partial charge is 0.460 e. The van der Waals surface area contributed by atoms with Crippen molar-refractivity contribution >= 4 is 43.6 Å². The summed E-state index contributed by atoms with van der Waals surface area (Å²) in [7, 11) is 0. The molecule has 0 fully saturated rings. The Bertz CT molecular complexity index is 829. The molecule has 12 heteroatoms. The van der Waals surface area contributed by atoms with Crippen LogP contribution in [0.3, 0.4) is 0 Å². The van der Waals surface area contributed by atoms with Crippen LogP contribution in [0.25, 0.3) is 11.3 Å². The van der Waals surface area contributed by atoms with Crippen LogP contribution in [0.1, 0.15) is 0 Å². The van der Waals surface area contributed by atoms with E-state index in [9.17, 15) is 35.9 Å². The molecule has 0 saturated heterocycles. The predicted octanol–water partition coefficient (Wildman–Crippen LogP) is 6.19. The monoisotopic (exact) mass is 526 g/mol. The van der Waals surface area contributed by atoms with Gasteiger partial charge in [-0.25, -0.2) is 0 Å². The van der Waals surface area contributed by atoms with E-state index in [4.69, 9.17) is 0 Å². The van der Waals surface area contributed by atoms with Crippen molar-refractivity contribution in [1.82, 2.24) is 0 Å². The molecule has 0 unspecified atom stereocenters. The van der Waals surface area contributed by atoms with Gasteiger partial charge in [0.2, 0.25) is 5.69 Å². The van der Waals surface area contributed by atoms with Crippen LogP contribution in [0.4, 0.5) is 30.7 Å². The molecular formula is C14H5Br2F7NOS. The standard InChI is InChI=1S/C14H5Br2F7NOS/c15-7-5-8(16)11(9-3-1-2-4-24(9)25)10(6-7)26-14(22,23)12(17,18)13(19,20)21/h1-4,6H. The fourth-order valence-corrected chi connectivity index (χ4v) is 4.42. The minimum absolute atomic E-state index is 0.00938. The molecule has 141 valence electrons. The first-order valence-electron chi connectivity index (χ1n) is 6.39. The average Bonchev–Trinajstić information content (AvgIpc) is 2.46. The second-order valence-electron chi connectivity index (χ2n) is 4.77. The van der Waals surface area contributed by atoms with Crippen LogP contribution in [0.15, 0.2) is 44.3 Å². The summed E-state index contributed by atoms with van der Waals surface area (Å²) in [6.45, 7) is 0. The van der Waals surface area contributed by atoms with Crippen LogP contribution in [-0.4, -0.2) is 17.4 Å². The van der Waals surface area contributed by atoms with Crippen LogP contribution < -0.4 is 4.73 Å². The molecule has 0 spiro atoms. The lowest BCUT2D eigenvalue weighted by Gasteiger charge is -2.28. The number of nitrogens with zero attached hydrogens (tertiary/aromatic N) is 1. The molecule has 0 atom stereocenters. The Morgan fingerprint density at radius 3 is 2.19 bits per heavy atom. The van der Waals surface area contributed by atoms with E-state index >= 15 is 0 Å². The number of rotatable bonds is 4. The number of pyridine rings is 1. The molecule has 0 N–H and O–H groups in total. The first-order valence-corrected chi connectivity index (χ1v) is 8.79. The lowest BCUT2D eigenvalue weighted by atomic mass is 10.1. The summed E-state index contributed by atoms with van der Waals surface area (Å²) in [5.41, 5.74) is -0.539. The Kier molecular flexibility index (Phi) is 5.89. The number of alkyl halides is 7. The van der Waals surface area contributed by atoms with Crippen LogP contribution in [-0.2, 0) is 0 Å². The lowest BCUT2D eigenvalue weighted by molar-refractivity contribution is -0.593. The third-order valence-electron chi connectivity index (χ3n) is 2.99. The molecule has 2 rings (SSSR count). The van der Waals surface area contributed by atoms with E-state index in [-0.39, 0.29) is 24.9 Å². The van der Waals surface area contributed by atoms with Crippen molar-refractivity contribution < 1.29 is 35.5 Å². The van der Waals surface area contributed by atoms with Gasteiger partial charge in [0.1, 0.15) is 0 Å². The first kappa shape index (κ1) is 21.3. The van der Waals surface area contributed by atoms with Gasteiger partial charge in [-0.3, -0.25) is 0 Å². The maximum atomic E-state index is 13.8. The fourth-order valence-electron chi connectivity index (χ4n) is 1.81. The van der Waals surface area contributed by atoms with Gasteiger partial charge in [0.15, 0.2) is 6.20 Å². The van der Waals surface area contributed by atoms with Crippen molar-refractivity contribution in [2.45, 2.75) is 22.2 Å². The predicted molar refractivity (Wildman–Crippen MR) is 86.9 cm³/mol. The number of hydrogen-bond acceptors (Lipinski definition) is 2. The molecule has 1 aromatic carbocycles. The van der Waals surface area contributed by atoms with E-state index in [1.807, 2.05) is 0 Å². The van der Waals surface area contributed by atoms with E-state index in [1.165, 1.54) is 18.2 Å². The normalized spacial score (nSPS) is 13.1. The van der Waals surface area contributed by atoms with E-state index in [0.717, 1.165) is 12.3 Å². The molecule has 0 aliphatic rings. The molecular weight excluding hydrogens is 523 g/mol. The van der Waals surface area contributed by atoms with Crippen LogP contribution in [0, 0.1) is 11.3 Å². The van der Waals surface area contributed by atoms with Crippen molar-refractivity contribution in [3.8, 4) is 11.3 Å². The number of aromatic nitrogens is 1. The first-order chi connectivity index (χ1) is 11.8. The number of hydrogen-bond donors (Lipinski definition) is 0. The molecule has 0 aliphatic carbocycles. The van der Waals surface area contributed by atoms with Crippen LogP contribution in [0.5, 0.6) is 0 Å². The van der Waals surface area contributed by atoms with E-state index < -0.39 is 34.0 Å². The Hall–Kier alpha value is -1.01. The highest BCUT2D eigenvalue weighted by atomic mass is 79.9. The van der Waals surface area contributed by atoms with E-state index in [0.29, 0.717) is 0 Å². The van der Waals surface area contributed by atoms with E-state index in [2.05, 4.69) is 37.9 Å². The van der Waals surface area contributed by atoms with Gasteiger partial charge in [0, 0.05) is 32.0 Å². The zero-order chi connectivity index (χ0) is 19.9. The zero-order valence-electron chi connectivity index (χ0n) is 12.1. The second kappa shape index (κ2) is 7.19. The van der Waals surface area contributed by atoms with Crippen LogP contribution in [0.2, 0.25) is 0 Å². The van der Waals surface area contributed by atoms with Gasteiger partial charge < -0.3 is 5.21 Å². The molecule has 0 saturated carbocycles. The van der Waals surface area contributed by atoms with Gasteiger partial charge in [-0.1, -0.05) is 15.9 Å². The quantitative estimate of drug-likeness (QED) is 0.205. The maximum Gasteiger partial charge on any atom is 0.460 e. The summed E-state index contributed by atoms with van der Waals surface area (Å²) in [5.74, 6) is -6.29. The number of thioether (sulfide) groups is 1. The molecule has 0 aliphatic heterocycles. The summed E-state index contributed by atoms with van der Waals surface area (Å²) < 4.78 is 91.3. The number of halogens is 9. The van der Waals surface area contributed by atoms with Crippen molar-refractivity contribution in [2.75, 3.05) is 0 Å². The van der Waals surface area contributed by atoms with Crippen molar-refractivity contribution in [3.05, 3.63) is 50.7 Å². The molecule has 2 nitrogen and oxygen atoms in total. The van der Waals surface area contributed by atoms with Gasteiger partial charge in [0.25, 0.3) is 0 Å². The third-order valence-corrected chi connectivity index (χ3v) is 5.07. The summed E-state index contributed by atoms with van der Waals surface area (Å²) in [5, 5.41) is 6.35. The fraction of sp³-hybridized carbons (Fsp3) is 0.214. The second-order valence-corrected chi connectivity index (χ2v) is 7.58. The summed E-state index contributed by atoms with van der Waals surface area (Å²) in [6.07, 6.45) is -5.44. The van der Waals surface area contributed by atoms with Gasteiger partial charge in [-0.15, -0.1) is 0 Å². The zero-order valence-corrected chi connectivity index (χ0v) is 16.0. The van der Waals surface area contributed by atoms with Gasteiger partial charge in [0.05, 0.1) is 5.56 Å². The average molecular weight is 528 g/mol. The molecule has 1 aromatic heterocycles. The largest absolute Gasteiger partial charge is 0.618 e. The molecule has 26 heavy (non-hydrogen) atoms. The molecule has 0 amide bonds. The molecule has 1 heterocycles. The highest BCUT2D eigenvalue weighted by molar-refractivity contribution is 9.11. The lowest BCUT2D eigenvalue weighted by Crippen LogP contribution is -2.50. The Morgan fingerprint density at radius 1 is 1.04 bits per heavy atom. The Balaban J connectivity index is 2.63. The highest BCUT2D eigenvalue weighted by Gasteiger charge is 2.73. The maximum absolute atomic E-state index is 13.8. The van der Waals surface area contributed by atoms with E-state index in [1.54, 1.807) is 0 Å².